The van der Waals surface area contributed by atoms with Crippen molar-refractivity contribution in [2.24, 2.45) is 5.92 Å². The van der Waals surface area contributed by atoms with E-state index in [1.165, 1.54) is 0 Å². The molecule has 0 aromatic heterocycles. The van der Waals surface area contributed by atoms with Crippen LogP contribution in [0.15, 0.2) is 54.6 Å². The van der Waals surface area contributed by atoms with E-state index in [4.69, 9.17) is 14.2 Å². The Morgan fingerprint density at radius 2 is 1.84 bits per heavy atom. The summed E-state index contributed by atoms with van der Waals surface area (Å²) in [6.45, 7) is 4.39. The predicted octanol–water partition coefficient (Wildman–Crippen LogP) is 5.06. The average Bonchev–Trinajstić information content (AvgIpc) is 2.96. The monoisotopic (exact) mass is 404 g/mol. The van der Waals surface area contributed by atoms with Crippen molar-refractivity contribution in [3.63, 3.8) is 0 Å². The molecule has 132 valence electrons. The number of para-hydroxylation sites is 1. The van der Waals surface area contributed by atoms with Gasteiger partial charge in [-0.05, 0) is 43.7 Å². The van der Waals surface area contributed by atoms with Crippen molar-refractivity contribution in [1.82, 2.24) is 0 Å². The first kappa shape index (κ1) is 18.0. The van der Waals surface area contributed by atoms with Crippen LogP contribution >= 0.6 is 15.9 Å². The van der Waals surface area contributed by atoms with Crippen molar-refractivity contribution in [3.8, 4) is 11.5 Å². The Morgan fingerprint density at radius 1 is 1.12 bits per heavy atom. The number of halogens is 1. The maximum atomic E-state index is 11.6. The summed E-state index contributed by atoms with van der Waals surface area (Å²) in [5.74, 6) is 1.28. The first-order valence-electron chi connectivity index (χ1n) is 8.23. The molecule has 3 rings (SSSR count). The van der Waals surface area contributed by atoms with Gasteiger partial charge in [-0.25, -0.2) is 0 Å². The molecule has 2 atom stereocenters. The number of carbonyl (C=O) groups excluding carboxylic acids is 1. The molecule has 2 aromatic carbocycles. The van der Waals surface area contributed by atoms with Crippen molar-refractivity contribution in [1.29, 1.82) is 0 Å². The second-order valence-electron chi connectivity index (χ2n) is 6.61. The molecule has 4 nitrogen and oxygen atoms in total. The third-order valence-electron chi connectivity index (χ3n) is 4.14. The lowest BCUT2D eigenvalue weighted by atomic mass is 9.93. The standard InChI is InChI=1S/C20H21BrO4/c1-20(2,21)17-12-18(22)25-19(17)23-13-14-7-6-10-16(11-14)24-15-8-4-3-5-9-15/h3-11,17,19H,12-13H2,1-2H3. The number of alkyl halides is 1. The molecule has 2 aromatic rings. The SMILES string of the molecule is CC(C)(Br)C1CC(=O)OC1OCc1cccc(Oc2ccccc2)c1. The Kier molecular flexibility index (Phi) is 5.45. The number of esters is 1. The molecule has 1 aliphatic rings. The number of carbonyl (C=O) groups is 1. The molecule has 1 heterocycles. The molecule has 25 heavy (non-hydrogen) atoms. The van der Waals surface area contributed by atoms with Crippen molar-refractivity contribution < 1.29 is 19.0 Å². The lowest BCUT2D eigenvalue weighted by molar-refractivity contribution is -0.171. The highest BCUT2D eigenvalue weighted by Crippen LogP contribution is 2.38. The molecule has 5 heteroatoms. The quantitative estimate of drug-likeness (QED) is 0.498. The van der Waals surface area contributed by atoms with Gasteiger partial charge in [-0.3, -0.25) is 4.79 Å². The summed E-state index contributed by atoms with van der Waals surface area (Å²) >= 11 is 3.62. The lowest BCUT2D eigenvalue weighted by Crippen LogP contribution is -2.33. The Labute approximate surface area is 156 Å². The highest BCUT2D eigenvalue weighted by Gasteiger charge is 2.43. The van der Waals surface area contributed by atoms with Crippen molar-refractivity contribution in [3.05, 3.63) is 60.2 Å². The average molecular weight is 405 g/mol. The van der Waals surface area contributed by atoms with Gasteiger partial charge in [0.05, 0.1) is 13.0 Å². The van der Waals surface area contributed by atoms with Gasteiger partial charge >= 0.3 is 5.97 Å². The van der Waals surface area contributed by atoms with Crippen LogP contribution in [0.4, 0.5) is 0 Å². The van der Waals surface area contributed by atoms with Crippen LogP contribution in [0.1, 0.15) is 25.8 Å². The van der Waals surface area contributed by atoms with Gasteiger partial charge in [-0.2, -0.15) is 0 Å². The molecule has 1 aliphatic heterocycles. The number of hydrogen-bond donors (Lipinski definition) is 0. The molecule has 0 bridgehead atoms. The summed E-state index contributed by atoms with van der Waals surface area (Å²) in [6, 6.07) is 17.3. The van der Waals surface area contributed by atoms with Gasteiger partial charge in [0.2, 0.25) is 6.29 Å². The molecule has 0 saturated carbocycles. The highest BCUT2D eigenvalue weighted by atomic mass is 79.9. The second kappa shape index (κ2) is 7.58. The van der Waals surface area contributed by atoms with Gasteiger partial charge in [0.15, 0.2) is 0 Å². The Balaban J connectivity index is 1.63. The minimum atomic E-state index is -0.541. The van der Waals surface area contributed by atoms with Gasteiger partial charge in [-0.1, -0.05) is 46.3 Å². The third kappa shape index (κ3) is 4.83. The van der Waals surface area contributed by atoms with E-state index in [2.05, 4.69) is 15.9 Å². The minimum Gasteiger partial charge on any atom is -0.457 e. The molecular weight excluding hydrogens is 384 g/mol. The van der Waals surface area contributed by atoms with Gasteiger partial charge in [0, 0.05) is 10.2 Å². The third-order valence-corrected chi connectivity index (χ3v) is 4.72. The summed E-state index contributed by atoms with van der Waals surface area (Å²) in [6.07, 6.45) is -0.180. The molecular formula is C20H21BrO4. The molecule has 0 N–H and O–H groups in total. The van der Waals surface area contributed by atoms with Crippen molar-refractivity contribution >= 4 is 21.9 Å². The number of ether oxygens (including phenoxy) is 3. The molecule has 2 unspecified atom stereocenters. The van der Waals surface area contributed by atoms with Crippen LogP contribution in [0.2, 0.25) is 0 Å². The van der Waals surface area contributed by atoms with Crippen LogP contribution in [0.5, 0.6) is 11.5 Å². The largest absolute Gasteiger partial charge is 0.457 e. The maximum absolute atomic E-state index is 11.6. The molecule has 1 fully saturated rings. The second-order valence-corrected chi connectivity index (χ2v) is 8.65. The van der Waals surface area contributed by atoms with Crippen molar-refractivity contribution in [2.75, 3.05) is 0 Å². The Hall–Kier alpha value is -1.85. The van der Waals surface area contributed by atoms with Crippen LogP contribution < -0.4 is 4.74 Å². The fraction of sp³-hybridized carbons (Fsp3) is 0.350. The van der Waals surface area contributed by atoms with E-state index in [-0.39, 0.29) is 16.2 Å². The van der Waals surface area contributed by atoms with E-state index in [0.717, 1.165) is 17.1 Å². The predicted molar refractivity (Wildman–Crippen MR) is 98.7 cm³/mol. The summed E-state index contributed by atoms with van der Waals surface area (Å²) in [7, 11) is 0. The Bertz CT molecular complexity index is 724. The summed E-state index contributed by atoms with van der Waals surface area (Å²) in [5, 5.41) is 0. The van der Waals surface area contributed by atoms with Gasteiger partial charge in [0.1, 0.15) is 11.5 Å². The van der Waals surface area contributed by atoms with E-state index in [1.54, 1.807) is 0 Å². The number of hydrogen-bond acceptors (Lipinski definition) is 4. The first-order chi connectivity index (χ1) is 11.9. The lowest BCUT2D eigenvalue weighted by Gasteiger charge is -2.27. The van der Waals surface area contributed by atoms with Crippen LogP contribution in [0.3, 0.4) is 0 Å². The van der Waals surface area contributed by atoms with E-state index in [0.29, 0.717) is 13.0 Å². The van der Waals surface area contributed by atoms with E-state index in [1.807, 2.05) is 68.4 Å². The van der Waals surface area contributed by atoms with Crippen molar-refractivity contribution in [2.45, 2.75) is 37.5 Å². The molecule has 0 spiro atoms. The zero-order valence-corrected chi connectivity index (χ0v) is 15.9. The topological polar surface area (TPSA) is 44.8 Å². The fourth-order valence-corrected chi connectivity index (χ4v) is 3.13. The van der Waals surface area contributed by atoms with Crippen LogP contribution in [0, 0.1) is 5.92 Å². The smallest absolute Gasteiger partial charge is 0.308 e. The van der Waals surface area contributed by atoms with Crippen LogP contribution in [-0.2, 0) is 20.9 Å². The molecule has 0 aliphatic carbocycles. The minimum absolute atomic E-state index is 0.0243. The van der Waals surface area contributed by atoms with Gasteiger partial charge in [-0.15, -0.1) is 0 Å². The molecule has 0 amide bonds. The summed E-state index contributed by atoms with van der Waals surface area (Å²) in [5.41, 5.74) is 0.961. The Morgan fingerprint density at radius 3 is 2.56 bits per heavy atom. The van der Waals surface area contributed by atoms with Gasteiger partial charge < -0.3 is 14.2 Å². The van der Waals surface area contributed by atoms with Crippen LogP contribution in [0.25, 0.3) is 0 Å². The van der Waals surface area contributed by atoms with E-state index < -0.39 is 6.29 Å². The zero-order chi connectivity index (χ0) is 17.9. The van der Waals surface area contributed by atoms with E-state index >= 15 is 0 Å². The highest BCUT2D eigenvalue weighted by molar-refractivity contribution is 9.10. The zero-order valence-electron chi connectivity index (χ0n) is 14.3. The van der Waals surface area contributed by atoms with Gasteiger partial charge in [0.25, 0.3) is 0 Å². The number of benzene rings is 2. The number of rotatable bonds is 6. The summed E-state index contributed by atoms with van der Waals surface area (Å²) in [4.78, 5) is 11.6. The normalized spacial score (nSPS) is 20.4. The molecule has 0 radical (unpaired) electrons. The maximum Gasteiger partial charge on any atom is 0.308 e. The fourth-order valence-electron chi connectivity index (χ4n) is 2.75. The first-order valence-corrected chi connectivity index (χ1v) is 9.03. The summed E-state index contributed by atoms with van der Waals surface area (Å²) < 4.78 is 16.8. The molecule has 1 saturated heterocycles. The van der Waals surface area contributed by atoms with E-state index in [9.17, 15) is 4.79 Å². The number of cyclic esters (lactones) is 1. The van der Waals surface area contributed by atoms with Crippen LogP contribution in [-0.4, -0.2) is 16.6 Å².